The highest BCUT2D eigenvalue weighted by Gasteiger charge is 2.35. The van der Waals surface area contributed by atoms with Crippen LogP contribution >= 0.6 is 0 Å². The Hall–Kier alpha value is -4.27. The molecule has 5 aromatic rings. The number of carbonyl (C=O) groups excluding carboxylic acids is 1. The number of imidazole rings is 1. The maximum Gasteiger partial charge on any atom is 0.334 e. The van der Waals surface area contributed by atoms with Crippen molar-refractivity contribution in [2.24, 2.45) is 0 Å². The summed E-state index contributed by atoms with van der Waals surface area (Å²) < 4.78 is 31.5. The summed E-state index contributed by atoms with van der Waals surface area (Å²) in [6.07, 6.45) is 1.91. The van der Waals surface area contributed by atoms with Crippen LogP contribution in [0.3, 0.4) is 0 Å². The number of alkyl halides is 2. The first-order valence-corrected chi connectivity index (χ1v) is 11.8. The molecule has 1 amide bonds. The fraction of sp³-hybridized carbons (Fsp3) is 0.222. The van der Waals surface area contributed by atoms with Gasteiger partial charge in [0.05, 0.1) is 34.5 Å². The first-order valence-electron chi connectivity index (χ1n) is 11.8. The predicted molar refractivity (Wildman–Crippen MR) is 132 cm³/mol. The molecule has 0 saturated carbocycles. The summed E-state index contributed by atoms with van der Waals surface area (Å²) in [6.45, 7) is 0.00227. The Balaban J connectivity index is 1.37. The second-order valence-corrected chi connectivity index (χ2v) is 8.96. The molecule has 1 unspecified atom stereocenters. The molecule has 9 heteroatoms. The topological polar surface area (TPSA) is 64.5 Å². The number of aromatic nitrogens is 4. The molecular formula is C27H23F2N5O2. The van der Waals surface area contributed by atoms with Crippen molar-refractivity contribution in [1.82, 2.24) is 23.6 Å². The first kappa shape index (κ1) is 22.2. The lowest BCUT2D eigenvalue weighted by Gasteiger charge is -2.24. The van der Waals surface area contributed by atoms with E-state index < -0.39 is 18.4 Å². The molecule has 6 rings (SSSR count). The fourth-order valence-corrected chi connectivity index (χ4v) is 5.15. The average Bonchev–Trinajstić information content (AvgIpc) is 3.61. The van der Waals surface area contributed by atoms with Crippen LogP contribution in [0.25, 0.3) is 33.4 Å². The smallest absolute Gasteiger partial charge is 0.332 e. The van der Waals surface area contributed by atoms with E-state index in [2.05, 4.69) is 5.10 Å². The summed E-state index contributed by atoms with van der Waals surface area (Å²) in [7, 11) is 0. The number of likely N-dealkylation sites (tertiary alicyclic amines) is 1. The molecule has 0 spiro atoms. The fourth-order valence-electron chi connectivity index (χ4n) is 5.15. The van der Waals surface area contributed by atoms with Gasteiger partial charge in [-0.05, 0) is 54.8 Å². The molecule has 36 heavy (non-hydrogen) atoms. The number of fused-ring (bicyclic) bond motifs is 2. The Morgan fingerprint density at radius 3 is 2.47 bits per heavy atom. The predicted octanol–water partition coefficient (Wildman–Crippen LogP) is 4.36. The molecule has 4 heterocycles. The number of nitrogens with zero attached hydrogens (tertiary/aromatic N) is 5. The lowest BCUT2D eigenvalue weighted by molar-refractivity contribution is -0.135. The van der Waals surface area contributed by atoms with Gasteiger partial charge in [0.1, 0.15) is 6.54 Å². The number of hydrogen-bond donors (Lipinski definition) is 0. The molecular weight excluding hydrogens is 464 g/mol. The van der Waals surface area contributed by atoms with Crippen molar-refractivity contribution in [3.63, 3.8) is 0 Å². The first-order chi connectivity index (χ1) is 17.5. The molecule has 1 aliphatic rings. The third-order valence-electron chi connectivity index (χ3n) is 6.90. The van der Waals surface area contributed by atoms with Gasteiger partial charge in [0.25, 0.3) is 6.43 Å². The van der Waals surface area contributed by atoms with Crippen molar-refractivity contribution in [2.45, 2.75) is 31.9 Å². The van der Waals surface area contributed by atoms with Crippen LogP contribution < -0.4 is 5.69 Å². The van der Waals surface area contributed by atoms with Crippen molar-refractivity contribution >= 4 is 22.5 Å². The molecule has 1 atom stereocenters. The number of para-hydroxylation sites is 2. The molecule has 0 radical (unpaired) electrons. The minimum absolute atomic E-state index is 0.277. The summed E-state index contributed by atoms with van der Waals surface area (Å²) in [4.78, 5) is 27.7. The normalized spacial score (nSPS) is 16.0. The molecule has 182 valence electrons. The van der Waals surface area contributed by atoms with E-state index >= 15 is 0 Å². The van der Waals surface area contributed by atoms with E-state index in [4.69, 9.17) is 0 Å². The van der Waals surface area contributed by atoms with Crippen LogP contribution in [0.15, 0.2) is 83.9 Å². The zero-order valence-electron chi connectivity index (χ0n) is 19.3. The van der Waals surface area contributed by atoms with Gasteiger partial charge in [0.2, 0.25) is 5.91 Å². The maximum absolute atomic E-state index is 13.5. The summed E-state index contributed by atoms with van der Waals surface area (Å²) in [5.41, 5.74) is 4.39. The van der Waals surface area contributed by atoms with Gasteiger partial charge in [-0.2, -0.15) is 5.10 Å². The number of amides is 1. The highest BCUT2D eigenvalue weighted by atomic mass is 19.3. The third kappa shape index (κ3) is 3.59. The lowest BCUT2D eigenvalue weighted by Crippen LogP contribution is -2.42. The van der Waals surface area contributed by atoms with E-state index in [0.717, 1.165) is 16.6 Å². The number of rotatable bonds is 5. The van der Waals surface area contributed by atoms with Crippen LogP contribution in [-0.4, -0.2) is 48.6 Å². The summed E-state index contributed by atoms with van der Waals surface area (Å²) in [6, 6.07) is 19.5. The molecule has 0 aliphatic carbocycles. The summed E-state index contributed by atoms with van der Waals surface area (Å²) >= 11 is 0. The van der Waals surface area contributed by atoms with Crippen LogP contribution in [0.1, 0.15) is 12.8 Å². The maximum atomic E-state index is 13.5. The Labute approximate surface area is 204 Å². The van der Waals surface area contributed by atoms with E-state index in [1.54, 1.807) is 27.4 Å². The van der Waals surface area contributed by atoms with Gasteiger partial charge in [0, 0.05) is 18.3 Å². The van der Waals surface area contributed by atoms with Gasteiger partial charge in [-0.25, -0.2) is 18.1 Å². The van der Waals surface area contributed by atoms with Crippen molar-refractivity contribution in [3.05, 3.63) is 89.6 Å². The highest BCUT2D eigenvalue weighted by molar-refractivity contribution is 5.83. The second-order valence-electron chi connectivity index (χ2n) is 8.96. The van der Waals surface area contributed by atoms with Crippen LogP contribution in [-0.2, 0) is 11.3 Å². The molecule has 0 bridgehead atoms. The minimum Gasteiger partial charge on any atom is -0.332 e. The van der Waals surface area contributed by atoms with Gasteiger partial charge < -0.3 is 4.90 Å². The monoisotopic (exact) mass is 487 g/mol. The Kier molecular flexibility index (Phi) is 5.40. The average molecular weight is 488 g/mol. The van der Waals surface area contributed by atoms with Crippen molar-refractivity contribution in [1.29, 1.82) is 0 Å². The van der Waals surface area contributed by atoms with Gasteiger partial charge in [-0.3, -0.25) is 13.9 Å². The molecule has 0 N–H and O–H groups in total. The van der Waals surface area contributed by atoms with Crippen LogP contribution in [0, 0.1) is 0 Å². The SMILES string of the molecule is O=C(Cn1c(=O)n(-c2ccc(-c3cnn4ccccc34)cc2)c2ccccc21)N1CCCC1C(F)F. The Morgan fingerprint density at radius 2 is 1.69 bits per heavy atom. The quantitative estimate of drug-likeness (QED) is 0.370. The molecule has 1 aliphatic heterocycles. The van der Waals surface area contributed by atoms with Crippen LogP contribution in [0.5, 0.6) is 0 Å². The molecule has 2 aromatic carbocycles. The van der Waals surface area contributed by atoms with Crippen LogP contribution in [0.4, 0.5) is 8.78 Å². The van der Waals surface area contributed by atoms with Gasteiger partial charge in [0.15, 0.2) is 0 Å². The highest BCUT2D eigenvalue weighted by Crippen LogP contribution is 2.27. The van der Waals surface area contributed by atoms with Crippen molar-refractivity contribution in [3.8, 4) is 16.8 Å². The second kappa shape index (κ2) is 8.75. The number of pyridine rings is 1. The van der Waals surface area contributed by atoms with Gasteiger partial charge in [-0.1, -0.05) is 30.3 Å². The third-order valence-corrected chi connectivity index (χ3v) is 6.90. The van der Waals surface area contributed by atoms with E-state index in [1.165, 1.54) is 9.47 Å². The molecule has 1 fully saturated rings. The van der Waals surface area contributed by atoms with E-state index in [-0.39, 0.29) is 25.2 Å². The van der Waals surface area contributed by atoms with Crippen molar-refractivity contribution in [2.75, 3.05) is 6.54 Å². The zero-order chi connectivity index (χ0) is 24.8. The number of hydrogen-bond acceptors (Lipinski definition) is 3. The van der Waals surface area contributed by atoms with Gasteiger partial charge >= 0.3 is 5.69 Å². The zero-order valence-corrected chi connectivity index (χ0v) is 19.3. The molecule has 7 nitrogen and oxygen atoms in total. The van der Waals surface area contributed by atoms with Gasteiger partial charge in [-0.15, -0.1) is 0 Å². The standard InChI is InChI=1S/C27H23F2N5O2/c28-26(29)24-9-5-14-31(24)25(35)17-32-22-7-1-2-8-23(22)34(27(32)36)19-12-10-18(11-13-19)20-16-30-33-15-4-3-6-21(20)33/h1-4,6-8,10-13,15-16,24,26H,5,9,14,17H2. The van der Waals surface area contributed by atoms with Crippen molar-refractivity contribution < 1.29 is 13.6 Å². The minimum atomic E-state index is -2.60. The van der Waals surface area contributed by atoms with E-state index in [1.807, 2.05) is 60.8 Å². The summed E-state index contributed by atoms with van der Waals surface area (Å²) in [5.74, 6) is -0.466. The Bertz CT molecular complexity index is 1630. The number of carbonyl (C=O) groups is 1. The molecule has 3 aromatic heterocycles. The lowest BCUT2D eigenvalue weighted by atomic mass is 10.1. The largest absolute Gasteiger partial charge is 0.334 e. The Morgan fingerprint density at radius 1 is 0.972 bits per heavy atom. The number of halogens is 2. The van der Waals surface area contributed by atoms with Crippen LogP contribution in [0.2, 0.25) is 0 Å². The van der Waals surface area contributed by atoms with E-state index in [9.17, 15) is 18.4 Å². The number of benzene rings is 2. The molecule has 1 saturated heterocycles. The summed E-state index contributed by atoms with van der Waals surface area (Å²) in [5, 5.41) is 4.39. The van der Waals surface area contributed by atoms with E-state index in [0.29, 0.717) is 23.1 Å².